The number of nitrogens with zero attached hydrogens (tertiary/aromatic N) is 2. The molecule has 96 valence electrons. The number of thioether (sulfide) groups is 2. The lowest BCUT2D eigenvalue weighted by Crippen LogP contribution is -2.06. The molecule has 0 aromatic carbocycles. The van der Waals surface area contributed by atoms with Gasteiger partial charge in [-0.3, -0.25) is 0 Å². The molecular formula is C12H20N2OS2. The van der Waals surface area contributed by atoms with Crippen molar-refractivity contribution in [1.82, 2.24) is 0 Å². The first kappa shape index (κ1) is 16.6. The number of aliphatic hydroxyl groups is 1. The Morgan fingerprint density at radius 3 is 1.82 bits per heavy atom. The Labute approximate surface area is 113 Å². The van der Waals surface area contributed by atoms with E-state index in [1.807, 2.05) is 5.40 Å². The van der Waals surface area contributed by atoms with E-state index in [-0.39, 0.29) is 6.10 Å². The molecule has 1 atom stereocenters. The highest BCUT2D eigenvalue weighted by Gasteiger charge is 2.03. The molecule has 0 aromatic rings. The SMILES string of the molecule is N#CSCCCCCC(O)CCCCSC#N. The zero-order valence-corrected chi connectivity index (χ0v) is 11.7. The van der Waals surface area contributed by atoms with Crippen LogP contribution in [0.4, 0.5) is 0 Å². The van der Waals surface area contributed by atoms with Crippen LogP contribution >= 0.6 is 23.5 Å². The molecule has 1 N–H and O–H groups in total. The lowest BCUT2D eigenvalue weighted by molar-refractivity contribution is 0.148. The van der Waals surface area contributed by atoms with Gasteiger partial charge in [-0.05, 0) is 49.2 Å². The second kappa shape index (κ2) is 13.7. The van der Waals surface area contributed by atoms with Crippen LogP contribution in [0.25, 0.3) is 0 Å². The Balaban J connectivity index is 3.15. The summed E-state index contributed by atoms with van der Waals surface area (Å²) in [7, 11) is 0. The van der Waals surface area contributed by atoms with Crippen LogP contribution in [0, 0.1) is 21.3 Å². The minimum absolute atomic E-state index is 0.189. The predicted octanol–water partition coefficient (Wildman–Crippen LogP) is 3.51. The van der Waals surface area contributed by atoms with Crippen molar-refractivity contribution < 1.29 is 5.11 Å². The molecule has 0 bridgehead atoms. The smallest absolute Gasteiger partial charge is 0.133 e. The molecule has 0 saturated carbocycles. The maximum atomic E-state index is 9.68. The first-order valence-corrected chi connectivity index (χ1v) is 7.98. The molecule has 0 aliphatic heterocycles. The summed E-state index contributed by atoms with van der Waals surface area (Å²) in [6.45, 7) is 0. The molecule has 0 saturated heterocycles. The van der Waals surface area contributed by atoms with Gasteiger partial charge in [0, 0.05) is 11.5 Å². The van der Waals surface area contributed by atoms with Crippen molar-refractivity contribution in [1.29, 1.82) is 10.5 Å². The van der Waals surface area contributed by atoms with E-state index < -0.39 is 0 Å². The van der Waals surface area contributed by atoms with Crippen molar-refractivity contribution >= 4 is 23.5 Å². The number of hydrogen-bond acceptors (Lipinski definition) is 5. The molecule has 0 spiro atoms. The maximum absolute atomic E-state index is 9.68. The van der Waals surface area contributed by atoms with E-state index in [1.54, 1.807) is 0 Å². The van der Waals surface area contributed by atoms with Gasteiger partial charge in [0.05, 0.1) is 6.10 Å². The molecule has 0 aliphatic rings. The fourth-order valence-electron chi connectivity index (χ4n) is 1.52. The third-order valence-electron chi connectivity index (χ3n) is 2.45. The van der Waals surface area contributed by atoms with Gasteiger partial charge in [0.1, 0.15) is 10.8 Å². The molecule has 0 amide bonds. The van der Waals surface area contributed by atoms with Crippen molar-refractivity contribution in [2.45, 2.75) is 51.0 Å². The van der Waals surface area contributed by atoms with Crippen molar-refractivity contribution in [2.24, 2.45) is 0 Å². The van der Waals surface area contributed by atoms with Crippen LogP contribution < -0.4 is 0 Å². The largest absolute Gasteiger partial charge is 0.393 e. The monoisotopic (exact) mass is 272 g/mol. The van der Waals surface area contributed by atoms with Crippen LogP contribution in [0.3, 0.4) is 0 Å². The third kappa shape index (κ3) is 13.6. The van der Waals surface area contributed by atoms with E-state index in [0.29, 0.717) is 0 Å². The minimum Gasteiger partial charge on any atom is -0.393 e. The summed E-state index contributed by atoms with van der Waals surface area (Å²) in [6.07, 6.45) is 6.72. The highest BCUT2D eigenvalue weighted by atomic mass is 32.2. The van der Waals surface area contributed by atoms with E-state index in [0.717, 1.165) is 56.5 Å². The number of thiocyanates is 2. The van der Waals surface area contributed by atoms with Gasteiger partial charge in [-0.15, -0.1) is 0 Å². The fourth-order valence-corrected chi connectivity index (χ4v) is 2.40. The zero-order valence-electron chi connectivity index (χ0n) is 10.1. The standard InChI is InChI=1S/C12H20N2OS2/c13-10-16-8-4-1-2-6-12(15)7-3-5-9-17-11-14/h12,15H,1-9H2. The third-order valence-corrected chi connectivity index (χ3v) is 3.69. The molecule has 0 aromatic heterocycles. The Morgan fingerprint density at radius 1 is 0.824 bits per heavy atom. The first-order chi connectivity index (χ1) is 8.31. The lowest BCUT2D eigenvalue weighted by Gasteiger charge is -2.09. The zero-order chi connectivity index (χ0) is 12.8. The van der Waals surface area contributed by atoms with Gasteiger partial charge in [-0.1, -0.05) is 19.3 Å². The number of aliphatic hydroxyl groups excluding tert-OH is 1. The van der Waals surface area contributed by atoms with Crippen molar-refractivity contribution in [3.8, 4) is 10.8 Å². The summed E-state index contributed by atoms with van der Waals surface area (Å²) >= 11 is 2.59. The Morgan fingerprint density at radius 2 is 1.29 bits per heavy atom. The molecule has 0 aliphatic carbocycles. The van der Waals surface area contributed by atoms with Crippen molar-refractivity contribution in [2.75, 3.05) is 11.5 Å². The Kier molecular flexibility index (Phi) is 13.4. The molecular weight excluding hydrogens is 252 g/mol. The quantitative estimate of drug-likeness (QED) is 0.460. The summed E-state index contributed by atoms with van der Waals surface area (Å²) in [4.78, 5) is 0. The first-order valence-electron chi connectivity index (χ1n) is 6.01. The summed E-state index contributed by atoms with van der Waals surface area (Å²) in [6, 6.07) is 0. The topological polar surface area (TPSA) is 67.8 Å². The summed E-state index contributed by atoms with van der Waals surface area (Å²) in [5.74, 6) is 1.77. The van der Waals surface area contributed by atoms with Crippen LogP contribution in [-0.4, -0.2) is 22.7 Å². The van der Waals surface area contributed by atoms with Gasteiger partial charge in [0.25, 0.3) is 0 Å². The van der Waals surface area contributed by atoms with Crippen molar-refractivity contribution in [3.63, 3.8) is 0 Å². The normalized spacial score (nSPS) is 11.7. The lowest BCUT2D eigenvalue weighted by atomic mass is 10.1. The highest BCUT2D eigenvalue weighted by molar-refractivity contribution is 8.03. The average molecular weight is 272 g/mol. The van der Waals surface area contributed by atoms with Crippen LogP contribution in [0.1, 0.15) is 44.9 Å². The van der Waals surface area contributed by atoms with Gasteiger partial charge < -0.3 is 5.11 Å². The predicted molar refractivity (Wildman–Crippen MR) is 74.5 cm³/mol. The van der Waals surface area contributed by atoms with Crippen LogP contribution in [0.2, 0.25) is 0 Å². The van der Waals surface area contributed by atoms with Crippen molar-refractivity contribution in [3.05, 3.63) is 0 Å². The highest BCUT2D eigenvalue weighted by Crippen LogP contribution is 2.12. The summed E-state index contributed by atoms with van der Waals surface area (Å²) in [5.41, 5.74) is 0. The molecule has 0 radical (unpaired) electrons. The van der Waals surface area contributed by atoms with E-state index >= 15 is 0 Å². The molecule has 17 heavy (non-hydrogen) atoms. The molecule has 0 heterocycles. The Bertz CT molecular complexity index is 248. The number of hydrogen-bond donors (Lipinski definition) is 1. The molecule has 5 heteroatoms. The molecule has 1 unspecified atom stereocenters. The number of rotatable bonds is 11. The molecule has 0 rings (SSSR count). The van der Waals surface area contributed by atoms with Gasteiger partial charge in [0.2, 0.25) is 0 Å². The van der Waals surface area contributed by atoms with E-state index in [4.69, 9.17) is 10.5 Å². The molecule has 0 fully saturated rings. The van der Waals surface area contributed by atoms with E-state index in [2.05, 4.69) is 5.40 Å². The van der Waals surface area contributed by atoms with Gasteiger partial charge >= 0.3 is 0 Å². The second-order valence-corrected chi connectivity index (χ2v) is 5.64. The van der Waals surface area contributed by atoms with E-state index in [1.165, 1.54) is 23.5 Å². The van der Waals surface area contributed by atoms with Crippen LogP contribution in [0.15, 0.2) is 0 Å². The van der Waals surface area contributed by atoms with Gasteiger partial charge in [-0.25, -0.2) is 0 Å². The maximum Gasteiger partial charge on any atom is 0.133 e. The summed E-state index contributed by atoms with van der Waals surface area (Å²) in [5, 5.41) is 30.4. The number of nitriles is 2. The minimum atomic E-state index is -0.189. The van der Waals surface area contributed by atoms with E-state index in [9.17, 15) is 5.11 Å². The Hall–Kier alpha value is -0.360. The van der Waals surface area contributed by atoms with Crippen LogP contribution in [-0.2, 0) is 0 Å². The fraction of sp³-hybridized carbons (Fsp3) is 0.833. The second-order valence-electron chi connectivity index (χ2n) is 3.88. The van der Waals surface area contributed by atoms with Crippen LogP contribution in [0.5, 0.6) is 0 Å². The summed E-state index contributed by atoms with van der Waals surface area (Å²) < 4.78 is 0. The molecule has 3 nitrogen and oxygen atoms in total. The van der Waals surface area contributed by atoms with Gasteiger partial charge in [0.15, 0.2) is 0 Å². The average Bonchev–Trinajstić information content (AvgIpc) is 2.33. The van der Waals surface area contributed by atoms with Gasteiger partial charge in [-0.2, -0.15) is 10.5 Å². The number of unbranched alkanes of at least 4 members (excludes halogenated alkanes) is 3.